The molecule has 23 heteroatoms. The van der Waals surface area contributed by atoms with E-state index >= 15 is 0 Å². The summed E-state index contributed by atoms with van der Waals surface area (Å²) in [5.74, 6) is -1.37. The maximum absolute atomic E-state index is 14.7. The standard InChI is InChI=1S/C78H131NO19Si3/c1-21-34-85-74(83)79-45-70-66(98-101(19,20)77(11,12)13)42-64(96-99(15,16)75(5,6)7)56(89-70)29-26-50(46-80)24-22-23-25-51(81)37-59-65(97-100(17,18)76(8,9)10)41-62-61(91-59)40-63-60(92-62)39-58-49(4)47(2)35-52(87-58)27-30-55-48(3)36-54(86-55)32-33-78-44-69(84-14)73(95-78)67-43-68(94-78)72-57(90-67)31-28-53(88-72)38-71(82)93-63/h21,23,25,46-47,50-70,72-73,81H,1,3-4,22,24,26-45H2,2,5-20H3,(H,79,83)/b25-23+/t47-,50?,51?,52+,53-,54+,55+,56+,57+,58-,59-,60+,61+,62+,63-,64+,65?,66-,67-,68-,69-,70-,72+,73-,78-/m1/s1. The van der Waals surface area contributed by atoms with Crippen LogP contribution in [0.25, 0.3) is 0 Å². The maximum atomic E-state index is 14.7. The zero-order chi connectivity index (χ0) is 73.4. The van der Waals surface area contributed by atoms with Gasteiger partial charge < -0.3 is 85.3 Å². The van der Waals surface area contributed by atoms with Crippen molar-refractivity contribution in [1.82, 2.24) is 5.32 Å². The molecule has 0 aromatic heterocycles. The summed E-state index contributed by atoms with van der Waals surface area (Å²) in [5, 5.41) is 14.7. The van der Waals surface area contributed by atoms with Gasteiger partial charge in [-0.1, -0.05) is 107 Å². The second-order valence-electron chi connectivity index (χ2n) is 36.2. The van der Waals surface area contributed by atoms with Gasteiger partial charge in [-0.3, -0.25) is 4.79 Å². The van der Waals surface area contributed by atoms with Gasteiger partial charge in [0.2, 0.25) is 0 Å². The van der Waals surface area contributed by atoms with Crippen molar-refractivity contribution in [3.8, 4) is 0 Å². The van der Waals surface area contributed by atoms with Gasteiger partial charge in [-0.25, -0.2) is 4.79 Å². The molecule has 3 unspecified atom stereocenters. The molecule has 2 N–H and O–H groups in total. The molecule has 0 aromatic rings. The monoisotopic (exact) mass is 1470 g/mol. The van der Waals surface area contributed by atoms with Crippen LogP contribution >= 0.6 is 0 Å². The zero-order valence-corrected chi connectivity index (χ0v) is 67.6. The van der Waals surface area contributed by atoms with Crippen LogP contribution in [0.1, 0.15) is 198 Å². The van der Waals surface area contributed by atoms with Crippen LogP contribution in [0.5, 0.6) is 0 Å². The quantitative estimate of drug-likeness (QED) is 0.0472. The van der Waals surface area contributed by atoms with Crippen LogP contribution in [0.15, 0.2) is 49.1 Å². The number of methoxy groups -OCH3 is 1. The Morgan fingerprint density at radius 1 is 0.644 bits per heavy atom. The van der Waals surface area contributed by atoms with Crippen LogP contribution in [0.4, 0.5) is 4.79 Å². The minimum Gasteiger partial charge on any atom is -0.459 e. The van der Waals surface area contributed by atoms with Crippen LogP contribution < -0.4 is 5.32 Å². The zero-order valence-electron chi connectivity index (χ0n) is 64.6. The molecule has 10 aliphatic heterocycles. The van der Waals surface area contributed by atoms with Gasteiger partial charge in [0.25, 0.3) is 0 Å². The molecule has 10 bridgehead atoms. The van der Waals surface area contributed by atoms with Crippen molar-refractivity contribution in [3.63, 3.8) is 0 Å². The molecular weight excluding hydrogens is 1340 g/mol. The molecule has 0 aromatic carbocycles. The van der Waals surface area contributed by atoms with Crippen molar-refractivity contribution in [2.45, 2.75) is 392 Å². The highest BCUT2D eigenvalue weighted by molar-refractivity contribution is 6.75. The molecule has 0 aliphatic carbocycles. The van der Waals surface area contributed by atoms with Crippen LogP contribution in [0.2, 0.25) is 54.4 Å². The lowest BCUT2D eigenvalue weighted by atomic mass is 9.82. The second kappa shape index (κ2) is 33.1. The van der Waals surface area contributed by atoms with Crippen molar-refractivity contribution in [1.29, 1.82) is 0 Å². The number of esters is 1. The lowest BCUT2D eigenvalue weighted by Gasteiger charge is -2.51. The summed E-state index contributed by atoms with van der Waals surface area (Å²) in [4.78, 5) is 40.5. The molecule has 10 rings (SSSR count). The molecule has 25 atom stereocenters. The number of amides is 1. The number of aldehydes is 1. The van der Waals surface area contributed by atoms with Crippen molar-refractivity contribution in [2.75, 3.05) is 20.3 Å². The largest absolute Gasteiger partial charge is 0.459 e. The second-order valence-corrected chi connectivity index (χ2v) is 50.4. The Morgan fingerprint density at radius 2 is 1.26 bits per heavy atom. The SMILES string of the molecule is C=CCOC(=O)NC[C@H]1O[C@@H](CCC(C=O)CC/C=C/C(O)C[C@H]2O[C@H]3C[C@H]4OC(=O)C[C@H]5CC[C@@H]6O[C@@H]7C[C@@H](O[C@@]8(CC[C@H]9CC(=C)[C@H](CC[C@H]%10C[C@@H](C)C(=C)[C@@H](C[C@@H]4O[C@H]3CC2O[Si](C)(C)C(C)(C)C)O%10)O9)C[C@@H](OC)[C@@H]7O8)[C@H]6O5)[C@@H](O[Si](C)(C)C(C)(C)C)C[C@H]1O[Si](C)(C)C(C)(C)C. The average molecular weight is 1470 g/mol. The summed E-state index contributed by atoms with van der Waals surface area (Å²) in [6.07, 6.45) is 9.45. The summed E-state index contributed by atoms with van der Waals surface area (Å²) in [7, 11) is -5.33. The van der Waals surface area contributed by atoms with E-state index in [9.17, 15) is 19.5 Å². The lowest BCUT2D eigenvalue weighted by molar-refractivity contribution is -0.278. The third-order valence-electron chi connectivity index (χ3n) is 25.6. The fourth-order valence-electron chi connectivity index (χ4n) is 16.4. The summed E-state index contributed by atoms with van der Waals surface area (Å²) in [6, 6.07) is 0. The Kier molecular flexibility index (Phi) is 26.6. The van der Waals surface area contributed by atoms with E-state index in [1.54, 1.807) is 7.11 Å². The molecular formula is C78H131NO19Si3. The summed E-state index contributed by atoms with van der Waals surface area (Å²) in [5.41, 5.74) is 2.11. The Bertz CT molecular complexity index is 2850. The maximum Gasteiger partial charge on any atom is 0.407 e. The van der Waals surface area contributed by atoms with Crippen LogP contribution in [-0.2, 0) is 79.7 Å². The van der Waals surface area contributed by atoms with Crippen molar-refractivity contribution >= 4 is 43.3 Å². The first-order valence-electron chi connectivity index (χ1n) is 38.7. The first-order chi connectivity index (χ1) is 47.4. The number of aliphatic hydroxyl groups excluding tert-OH is 1. The summed E-state index contributed by atoms with van der Waals surface area (Å²) < 4.78 is 103. The Balaban J connectivity index is 0.829. The van der Waals surface area contributed by atoms with Crippen molar-refractivity contribution in [2.24, 2.45) is 11.8 Å². The molecule has 1 amide bonds. The number of ether oxygens (including phenoxy) is 12. The number of aliphatic hydroxyl groups is 1. The minimum atomic E-state index is -2.43. The number of hydrogen-bond donors (Lipinski definition) is 2. The highest BCUT2D eigenvalue weighted by atomic mass is 28.4. The van der Waals surface area contributed by atoms with Gasteiger partial charge in [0.15, 0.2) is 30.7 Å². The van der Waals surface area contributed by atoms with E-state index in [0.29, 0.717) is 83.5 Å². The van der Waals surface area contributed by atoms with Gasteiger partial charge in [0.05, 0.1) is 116 Å². The molecule has 10 saturated heterocycles. The van der Waals surface area contributed by atoms with Crippen molar-refractivity contribution < 1.29 is 89.6 Å². The first-order valence-corrected chi connectivity index (χ1v) is 47.5. The van der Waals surface area contributed by atoms with Gasteiger partial charge >= 0.3 is 12.1 Å². The Labute approximate surface area is 608 Å². The van der Waals surface area contributed by atoms with Crippen molar-refractivity contribution in [3.05, 3.63) is 49.1 Å². The number of carbonyl (C=O) groups is 3. The predicted molar refractivity (Wildman–Crippen MR) is 394 cm³/mol. The lowest BCUT2D eigenvalue weighted by Crippen LogP contribution is -2.60. The average Bonchev–Trinajstić information content (AvgIpc) is 1.62. The first kappa shape index (κ1) is 81.0. The van der Waals surface area contributed by atoms with Gasteiger partial charge in [0.1, 0.15) is 37.3 Å². The third kappa shape index (κ3) is 19.9. The predicted octanol–water partition coefficient (Wildman–Crippen LogP) is 14.2. The highest BCUT2D eigenvalue weighted by Crippen LogP contribution is 2.51. The number of nitrogens with one attached hydrogen (secondary N) is 1. The fourth-order valence-corrected chi connectivity index (χ4v) is 20.5. The van der Waals surface area contributed by atoms with E-state index in [4.69, 9.17) is 70.1 Å². The van der Waals surface area contributed by atoms with E-state index in [1.165, 1.54) is 6.08 Å². The third-order valence-corrected chi connectivity index (χ3v) is 39.1. The molecule has 10 heterocycles. The Hall–Kier alpha value is -2.54. The number of carbonyl (C=O) groups excluding carboxylic acids is 3. The molecule has 0 radical (unpaired) electrons. The van der Waals surface area contributed by atoms with E-state index in [1.807, 2.05) is 12.2 Å². The summed E-state index contributed by atoms with van der Waals surface area (Å²) >= 11 is 0. The van der Waals surface area contributed by atoms with E-state index < -0.39 is 97.9 Å². The number of alkyl carbamates (subject to hydrolysis) is 1. The van der Waals surface area contributed by atoms with E-state index in [-0.39, 0.29) is 132 Å². The normalized spacial score (nSPS) is 39.0. The van der Waals surface area contributed by atoms with Crippen LogP contribution in [0, 0.1) is 11.8 Å². The topological polar surface area (TPSA) is 222 Å². The van der Waals surface area contributed by atoms with Gasteiger partial charge in [-0.15, -0.1) is 0 Å². The minimum absolute atomic E-state index is 0.0172. The molecule has 1 spiro atoms. The van der Waals surface area contributed by atoms with Gasteiger partial charge in [-0.2, -0.15) is 0 Å². The van der Waals surface area contributed by atoms with E-state index in [0.717, 1.165) is 49.5 Å². The molecule has 0 saturated carbocycles. The smallest absolute Gasteiger partial charge is 0.407 e. The number of rotatable bonds is 21. The fraction of sp³-hybridized carbons (Fsp3) is 0.859. The van der Waals surface area contributed by atoms with Gasteiger partial charge in [0, 0.05) is 70.9 Å². The summed E-state index contributed by atoms with van der Waals surface area (Å²) in [6.45, 7) is 48.8. The molecule has 101 heavy (non-hydrogen) atoms. The van der Waals surface area contributed by atoms with Crippen LogP contribution in [-0.4, -0.2) is 209 Å². The number of fused-ring (bicyclic) bond motifs is 10. The highest BCUT2D eigenvalue weighted by Gasteiger charge is 2.61. The molecule has 10 aliphatic rings. The molecule has 20 nitrogen and oxygen atoms in total. The van der Waals surface area contributed by atoms with Gasteiger partial charge in [-0.05, 0) is 142 Å². The Morgan fingerprint density at radius 3 is 1.92 bits per heavy atom. The number of allylic oxidation sites excluding steroid dienone is 1. The van der Waals surface area contributed by atoms with Crippen LogP contribution in [0.3, 0.4) is 0 Å². The molecule has 10 fully saturated rings. The number of hydrogen-bond acceptors (Lipinski definition) is 19. The van der Waals surface area contributed by atoms with E-state index in [2.05, 4.69) is 134 Å². The molecule has 574 valence electrons.